The lowest BCUT2D eigenvalue weighted by molar-refractivity contribution is -0.120. The third kappa shape index (κ3) is 4.44. The monoisotopic (exact) mass is 448 g/mol. The maximum Gasteiger partial charge on any atom is 0.243 e. The van der Waals surface area contributed by atoms with Gasteiger partial charge in [0.15, 0.2) is 11.6 Å². The molecule has 1 amide bonds. The van der Waals surface area contributed by atoms with Gasteiger partial charge in [-0.3, -0.25) is 4.79 Å². The van der Waals surface area contributed by atoms with E-state index in [1.807, 2.05) is 0 Å². The maximum atomic E-state index is 13.4. The summed E-state index contributed by atoms with van der Waals surface area (Å²) < 4.78 is 54.6. The minimum atomic E-state index is -3.97. The van der Waals surface area contributed by atoms with E-state index in [1.54, 1.807) is 24.3 Å². The first-order valence-corrected chi connectivity index (χ1v) is 10.9. The molecule has 0 radical (unpaired) electrons. The van der Waals surface area contributed by atoms with Gasteiger partial charge in [0.2, 0.25) is 15.9 Å². The van der Waals surface area contributed by atoms with Gasteiger partial charge in [-0.2, -0.15) is 4.31 Å². The molecule has 2 heterocycles. The van der Waals surface area contributed by atoms with Crippen LogP contribution in [0.3, 0.4) is 0 Å². The first-order valence-electron chi connectivity index (χ1n) is 9.44. The Hall–Kier alpha value is -3.25. The zero-order valence-corrected chi connectivity index (χ0v) is 17.0. The molecule has 0 unspecified atom stereocenters. The van der Waals surface area contributed by atoms with Gasteiger partial charge in [0, 0.05) is 24.7 Å². The van der Waals surface area contributed by atoms with Crippen LogP contribution in [0.1, 0.15) is 12.8 Å². The summed E-state index contributed by atoms with van der Waals surface area (Å²) in [4.78, 5) is 12.3. The smallest absolute Gasteiger partial charge is 0.243 e. The number of benzene rings is 2. The number of rotatable bonds is 5. The molecule has 1 aromatic heterocycles. The molecule has 2 aromatic carbocycles. The minimum absolute atomic E-state index is 0.101. The van der Waals surface area contributed by atoms with E-state index in [9.17, 15) is 22.0 Å². The number of tetrazole rings is 1. The summed E-state index contributed by atoms with van der Waals surface area (Å²) in [7, 11) is -3.97. The van der Waals surface area contributed by atoms with Crippen molar-refractivity contribution in [1.82, 2.24) is 24.5 Å². The van der Waals surface area contributed by atoms with E-state index >= 15 is 0 Å². The standard InChI is InChI=1S/C19H18F2N6O3S/c20-17-5-4-16(11-18(17)21)31(29,30)26-8-6-13(7-9-26)19(28)23-14-2-1-3-15(10-14)27-12-22-24-25-27/h1-5,10-13H,6-9H2,(H,23,28). The van der Waals surface area contributed by atoms with Crippen molar-refractivity contribution in [2.45, 2.75) is 17.7 Å². The van der Waals surface area contributed by atoms with E-state index in [1.165, 1.54) is 15.3 Å². The summed E-state index contributed by atoms with van der Waals surface area (Å²) in [6, 6.07) is 9.47. The van der Waals surface area contributed by atoms with Crippen LogP contribution in [0.2, 0.25) is 0 Å². The lowest BCUT2D eigenvalue weighted by Gasteiger charge is -2.30. The van der Waals surface area contributed by atoms with Crippen molar-refractivity contribution in [3.8, 4) is 5.69 Å². The molecule has 0 atom stereocenters. The molecule has 1 aliphatic rings. The molecule has 9 nitrogen and oxygen atoms in total. The first-order chi connectivity index (χ1) is 14.8. The van der Waals surface area contributed by atoms with Gasteiger partial charge in [-0.25, -0.2) is 21.9 Å². The van der Waals surface area contributed by atoms with Crippen LogP contribution in [-0.4, -0.2) is 51.9 Å². The van der Waals surface area contributed by atoms with Gasteiger partial charge < -0.3 is 5.32 Å². The largest absolute Gasteiger partial charge is 0.326 e. The summed E-state index contributed by atoms with van der Waals surface area (Å²) in [5, 5.41) is 13.8. The van der Waals surface area contributed by atoms with Crippen LogP contribution in [0.15, 0.2) is 53.7 Å². The average Bonchev–Trinajstić information content (AvgIpc) is 3.31. The molecule has 1 fully saturated rings. The zero-order valence-electron chi connectivity index (χ0n) is 16.1. The Morgan fingerprint density at radius 1 is 1.06 bits per heavy atom. The molecule has 31 heavy (non-hydrogen) atoms. The van der Waals surface area contributed by atoms with Gasteiger partial charge in [-0.15, -0.1) is 5.10 Å². The van der Waals surface area contributed by atoms with E-state index in [0.717, 1.165) is 12.1 Å². The number of piperidine rings is 1. The summed E-state index contributed by atoms with van der Waals surface area (Å²) in [5.74, 6) is -2.94. The molecule has 0 bridgehead atoms. The van der Waals surface area contributed by atoms with E-state index in [2.05, 4.69) is 20.8 Å². The second-order valence-corrected chi connectivity index (χ2v) is 8.99. The van der Waals surface area contributed by atoms with Crippen LogP contribution in [0.25, 0.3) is 5.69 Å². The third-order valence-corrected chi connectivity index (χ3v) is 6.98. The molecule has 1 N–H and O–H groups in total. The number of halogens is 2. The molecular formula is C19H18F2N6O3S. The van der Waals surface area contributed by atoms with Crippen LogP contribution in [-0.2, 0) is 14.8 Å². The first kappa shape index (κ1) is 21.0. The summed E-state index contributed by atoms with van der Waals surface area (Å²) in [6.07, 6.45) is 2.05. The van der Waals surface area contributed by atoms with E-state index in [4.69, 9.17) is 0 Å². The highest BCUT2D eigenvalue weighted by Crippen LogP contribution is 2.26. The van der Waals surface area contributed by atoms with Crippen LogP contribution < -0.4 is 5.32 Å². The molecule has 4 rings (SSSR count). The minimum Gasteiger partial charge on any atom is -0.326 e. The van der Waals surface area contributed by atoms with Gasteiger partial charge in [-0.1, -0.05) is 6.07 Å². The number of hydrogen-bond acceptors (Lipinski definition) is 6. The normalized spacial score (nSPS) is 15.7. The highest BCUT2D eigenvalue weighted by atomic mass is 32.2. The molecule has 1 saturated heterocycles. The number of nitrogens with one attached hydrogen (secondary N) is 1. The van der Waals surface area contributed by atoms with Crippen LogP contribution >= 0.6 is 0 Å². The van der Waals surface area contributed by atoms with Crippen molar-refractivity contribution in [2.75, 3.05) is 18.4 Å². The number of aromatic nitrogens is 4. The number of nitrogens with zero attached hydrogens (tertiary/aromatic N) is 5. The summed E-state index contributed by atoms with van der Waals surface area (Å²) in [5.41, 5.74) is 1.24. The topological polar surface area (TPSA) is 110 Å². The van der Waals surface area contributed by atoms with Gasteiger partial charge in [-0.05, 0) is 59.7 Å². The number of amides is 1. The number of hydrogen-bond donors (Lipinski definition) is 1. The Bertz CT molecular complexity index is 1200. The molecule has 0 saturated carbocycles. The van der Waals surface area contributed by atoms with E-state index in [-0.39, 0.29) is 29.8 Å². The molecule has 12 heteroatoms. The SMILES string of the molecule is O=C(Nc1cccc(-n2cnnn2)c1)C1CCN(S(=O)(=O)c2ccc(F)c(F)c2)CC1. The predicted octanol–water partition coefficient (Wildman–Crippen LogP) is 1.98. The van der Waals surface area contributed by atoms with Gasteiger partial charge in [0.05, 0.1) is 10.6 Å². The van der Waals surface area contributed by atoms with Gasteiger partial charge in [0.1, 0.15) is 6.33 Å². The molecule has 0 spiro atoms. The number of carbonyl (C=O) groups is 1. The van der Waals surface area contributed by atoms with Gasteiger partial charge in [0.25, 0.3) is 0 Å². The van der Waals surface area contributed by atoms with Gasteiger partial charge >= 0.3 is 0 Å². The van der Waals surface area contributed by atoms with Crippen molar-refractivity contribution in [3.63, 3.8) is 0 Å². The summed E-state index contributed by atoms with van der Waals surface area (Å²) in [6.45, 7) is 0.203. The zero-order chi connectivity index (χ0) is 22.0. The van der Waals surface area contributed by atoms with Crippen molar-refractivity contribution in [3.05, 3.63) is 60.4 Å². The highest BCUT2D eigenvalue weighted by Gasteiger charge is 2.32. The molecule has 3 aromatic rings. The quantitative estimate of drug-likeness (QED) is 0.639. The fourth-order valence-corrected chi connectivity index (χ4v) is 4.88. The third-order valence-electron chi connectivity index (χ3n) is 5.08. The molecular weight excluding hydrogens is 430 g/mol. The number of sulfonamides is 1. The van der Waals surface area contributed by atoms with Crippen molar-refractivity contribution >= 4 is 21.6 Å². The predicted molar refractivity (Wildman–Crippen MR) is 106 cm³/mol. The Labute approximate surface area is 176 Å². The maximum absolute atomic E-state index is 13.4. The Kier molecular flexibility index (Phi) is 5.74. The second kappa shape index (κ2) is 8.47. The molecule has 162 valence electrons. The Morgan fingerprint density at radius 2 is 1.84 bits per heavy atom. The lowest BCUT2D eigenvalue weighted by atomic mass is 9.97. The Morgan fingerprint density at radius 3 is 2.52 bits per heavy atom. The Balaban J connectivity index is 1.39. The lowest BCUT2D eigenvalue weighted by Crippen LogP contribution is -2.41. The fraction of sp³-hybridized carbons (Fsp3) is 0.263. The van der Waals surface area contributed by atoms with Crippen LogP contribution in [0.4, 0.5) is 14.5 Å². The summed E-state index contributed by atoms with van der Waals surface area (Å²) >= 11 is 0. The molecule has 0 aliphatic carbocycles. The highest BCUT2D eigenvalue weighted by molar-refractivity contribution is 7.89. The van der Waals surface area contributed by atoms with Crippen molar-refractivity contribution < 1.29 is 22.0 Å². The molecule has 1 aliphatic heterocycles. The van der Waals surface area contributed by atoms with Crippen LogP contribution in [0.5, 0.6) is 0 Å². The van der Waals surface area contributed by atoms with E-state index < -0.39 is 21.7 Å². The number of anilines is 1. The fourth-order valence-electron chi connectivity index (χ4n) is 3.39. The second-order valence-electron chi connectivity index (χ2n) is 7.05. The van der Waals surface area contributed by atoms with Crippen molar-refractivity contribution in [2.24, 2.45) is 5.92 Å². The van der Waals surface area contributed by atoms with Crippen molar-refractivity contribution in [1.29, 1.82) is 0 Å². The number of carbonyl (C=O) groups excluding carboxylic acids is 1. The van der Waals surface area contributed by atoms with Crippen LogP contribution in [0, 0.1) is 17.6 Å². The van der Waals surface area contributed by atoms with E-state index in [0.29, 0.717) is 30.3 Å². The average molecular weight is 448 g/mol.